The minimum atomic E-state index is -0.0356. The molecule has 1 N–H and O–H groups in total. The van der Waals surface area contributed by atoms with Gasteiger partial charge in [0.25, 0.3) is 5.91 Å². The van der Waals surface area contributed by atoms with E-state index in [1.807, 2.05) is 49.4 Å². The van der Waals surface area contributed by atoms with Crippen LogP contribution in [0.3, 0.4) is 0 Å². The van der Waals surface area contributed by atoms with Crippen molar-refractivity contribution in [3.63, 3.8) is 0 Å². The van der Waals surface area contributed by atoms with E-state index in [-0.39, 0.29) is 5.91 Å². The van der Waals surface area contributed by atoms with Crippen LogP contribution in [-0.2, 0) is 13.0 Å². The van der Waals surface area contributed by atoms with E-state index >= 15 is 0 Å². The summed E-state index contributed by atoms with van der Waals surface area (Å²) in [7, 11) is 0. The van der Waals surface area contributed by atoms with Crippen LogP contribution in [0, 0.1) is 12.8 Å². The van der Waals surface area contributed by atoms with E-state index in [9.17, 15) is 4.79 Å². The Morgan fingerprint density at radius 2 is 1.84 bits per heavy atom. The number of fused-ring (bicyclic) bond motifs is 1. The van der Waals surface area contributed by atoms with E-state index in [0.29, 0.717) is 18.0 Å². The Bertz CT molecular complexity index is 862. The van der Waals surface area contributed by atoms with Crippen molar-refractivity contribution < 1.29 is 4.79 Å². The van der Waals surface area contributed by atoms with Crippen LogP contribution in [0.15, 0.2) is 48.5 Å². The van der Waals surface area contributed by atoms with E-state index < -0.39 is 0 Å². The number of amides is 1. The minimum Gasteiger partial charge on any atom is -0.352 e. The number of hydrogen-bond acceptors (Lipinski definition) is 2. The molecule has 1 heterocycles. The van der Waals surface area contributed by atoms with Crippen LogP contribution in [0.5, 0.6) is 0 Å². The maximum Gasteiger partial charge on any atom is 0.251 e. The second kappa shape index (κ2) is 7.51. The average Bonchev–Trinajstić information content (AvgIpc) is 2.93. The van der Waals surface area contributed by atoms with Gasteiger partial charge >= 0.3 is 0 Å². The van der Waals surface area contributed by atoms with Gasteiger partial charge in [-0.05, 0) is 37.1 Å². The summed E-state index contributed by atoms with van der Waals surface area (Å²) in [5.41, 5.74) is 4.03. The molecule has 0 radical (unpaired) electrons. The van der Waals surface area contributed by atoms with Crippen molar-refractivity contribution in [3.8, 4) is 0 Å². The largest absolute Gasteiger partial charge is 0.352 e. The number of imidazole rings is 1. The molecule has 130 valence electrons. The fraction of sp³-hybridized carbons (Fsp3) is 0.333. The van der Waals surface area contributed by atoms with E-state index in [0.717, 1.165) is 35.4 Å². The molecule has 1 amide bonds. The third-order valence-corrected chi connectivity index (χ3v) is 4.23. The standard InChI is InChI=1S/C21H25N3O/c1-15(2)14-24-19-7-5-4-6-18(19)23-20(24)12-13-22-21(25)17-10-8-16(3)9-11-17/h4-11,15H,12-14H2,1-3H3,(H,22,25). The molecule has 3 aromatic rings. The van der Waals surface area contributed by atoms with Crippen molar-refractivity contribution in [2.24, 2.45) is 5.92 Å². The van der Waals surface area contributed by atoms with Gasteiger partial charge < -0.3 is 9.88 Å². The van der Waals surface area contributed by atoms with Crippen molar-refractivity contribution in [1.29, 1.82) is 0 Å². The molecular formula is C21H25N3O. The summed E-state index contributed by atoms with van der Waals surface area (Å²) in [6.07, 6.45) is 0.721. The lowest BCUT2D eigenvalue weighted by Gasteiger charge is -2.12. The number of carbonyl (C=O) groups excluding carboxylic acids is 1. The molecule has 4 nitrogen and oxygen atoms in total. The van der Waals surface area contributed by atoms with Crippen LogP contribution >= 0.6 is 0 Å². The lowest BCUT2D eigenvalue weighted by molar-refractivity contribution is 0.0954. The highest BCUT2D eigenvalue weighted by Crippen LogP contribution is 2.18. The molecule has 0 spiro atoms. The van der Waals surface area contributed by atoms with Gasteiger partial charge in [0.1, 0.15) is 5.82 Å². The topological polar surface area (TPSA) is 46.9 Å². The van der Waals surface area contributed by atoms with Gasteiger partial charge in [-0.3, -0.25) is 4.79 Å². The van der Waals surface area contributed by atoms with Gasteiger partial charge in [0, 0.05) is 25.1 Å². The van der Waals surface area contributed by atoms with Crippen LogP contribution < -0.4 is 5.32 Å². The lowest BCUT2D eigenvalue weighted by Crippen LogP contribution is -2.26. The van der Waals surface area contributed by atoms with Gasteiger partial charge in [-0.2, -0.15) is 0 Å². The van der Waals surface area contributed by atoms with Crippen LogP contribution in [-0.4, -0.2) is 22.0 Å². The Morgan fingerprint density at radius 3 is 2.56 bits per heavy atom. The highest BCUT2D eigenvalue weighted by molar-refractivity contribution is 5.94. The van der Waals surface area contributed by atoms with Crippen LogP contribution in [0.1, 0.15) is 35.6 Å². The van der Waals surface area contributed by atoms with Crippen LogP contribution in [0.25, 0.3) is 11.0 Å². The van der Waals surface area contributed by atoms with E-state index in [2.05, 4.69) is 29.8 Å². The van der Waals surface area contributed by atoms with Crippen molar-refractivity contribution >= 4 is 16.9 Å². The number of nitrogens with zero attached hydrogens (tertiary/aromatic N) is 2. The first-order chi connectivity index (χ1) is 12.0. The fourth-order valence-electron chi connectivity index (χ4n) is 2.98. The molecular weight excluding hydrogens is 310 g/mol. The summed E-state index contributed by atoms with van der Waals surface area (Å²) in [4.78, 5) is 17.0. The minimum absolute atomic E-state index is 0.0356. The summed E-state index contributed by atoms with van der Waals surface area (Å²) in [5, 5.41) is 3.00. The normalized spacial score (nSPS) is 11.2. The Morgan fingerprint density at radius 1 is 1.12 bits per heavy atom. The zero-order chi connectivity index (χ0) is 17.8. The van der Waals surface area contributed by atoms with E-state index in [4.69, 9.17) is 4.98 Å². The summed E-state index contributed by atoms with van der Waals surface area (Å²) in [6.45, 7) is 7.94. The first-order valence-corrected chi connectivity index (χ1v) is 8.83. The molecule has 0 atom stereocenters. The Labute approximate surface area is 148 Å². The van der Waals surface area contributed by atoms with Gasteiger partial charge in [-0.15, -0.1) is 0 Å². The predicted molar refractivity (Wildman–Crippen MR) is 102 cm³/mol. The first-order valence-electron chi connectivity index (χ1n) is 8.83. The second-order valence-corrected chi connectivity index (χ2v) is 6.89. The molecule has 0 aliphatic rings. The van der Waals surface area contributed by atoms with Gasteiger partial charge in [0.2, 0.25) is 0 Å². The fourth-order valence-corrected chi connectivity index (χ4v) is 2.98. The molecule has 4 heteroatoms. The molecule has 0 saturated heterocycles. The number of para-hydroxylation sites is 2. The molecule has 0 aliphatic heterocycles. The van der Waals surface area contributed by atoms with Crippen LogP contribution in [0.4, 0.5) is 0 Å². The van der Waals surface area contributed by atoms with Crippen molar-refractivity contribution in [2.75, 3.05) is 6.54 Å². The molecule has 1 aromatic heterocycles. The summed E-state index contributed by atoms with van der Waals surface area (Å²) in [5.74, 6) is 1.53. The van der Waals surface area contributed by atoms with Gasteiger partial charge in [-0.1, -0.05) is 43.7 Å². The smallest absolute Gasteiger partial charge is 0.251 e. The maximum atomic E-state index is 12.2. The SMILES string of the molecule is Cc1ccc(C(=O)NCCc2nc3ccccc3n2CC(C)C)cc1. The number of carbonyl (C=O) groups is 1. The third kappa shape index (κ3) is 4.08. The molecule has 3 rings (SSSR count). The van der Waals surface area contributed by atoms with Crippen molar-refractivity contribution in [1.82, 2.24) is 14.9 Å². The Hall–Kier alpha value is -2.62. The summed E-state index contributed by atoms with van der Waals surface area (Å²) >= 11 is 0. The van der Waals surface area contributed by atoms with E-state index in [1.54, 1.807) is 0 Å². The third-order valence-electron chi connectivity index (χ3n) is 4.23. The number of rotatable bonds is 6. The average molecular weight is 335 g/mol. The predicted octanol–water partition coefficient (Wildman–Crippen LogP) is 3.97. The molecule has 0 saturated carbocycles. The van der Waals surface area contributed by atoms with Crippen molar-refractivity contribution in [3.05, 3.63) is 65.5 Å². The van der Waals surface area contributed by atoms with Gasteiger partial charge in [-0.25, -0.2) is 4.98 Å². The molecule has 0 bridgehead atoms. The zero-order valence-electron chi connectivity index (χ0n) is 15.1. The number of aromatic nitrogens is 2. The molecule has 2 aromatic carbocycles. The molecule has 0 fully saturated rings. The molecule has 0 aliphatic carbocycles. The number of aryl methyl sites for hydroxylation is 1. The Balaban J connectivity index is 1.70. The van der Waals surface area contributed by atoms with Crippen LogP contribution in [0.2, 0.25) is 0 Å². The second-order valence-electron chi connectivity index (χ2n) is 6.89. The Kier molecular flexibility index (Phi) is 5.17. The highest BCUT2D eigenvalue weighted by Gasteiger charge is 2.12. The summed E-state index contributed by atoms with van der Waals surface area (Å²) in [6, 6.07) is 15.8. The maximum absolute atomic E-state index is 12.2. The van der Waals surface area contributed by atoms with Gasteiger partial charge in [0.15, 0.2) is 0 Å². The van der Waals surface area contributed by atoms with Crippen molar-refractivity contribution in [2.45, 2.75) is 33.7 Å². The molecule has 25 heavy (non-hydrogen) atoms. The zero-order valence-corrected chi connectivity index (χ0v) is 15.1. The highest BCUT2D eigenvalue weighted by atomic mass is 16.1. The number of nitrogens with one attached hydrogen (secondary N) is 1. The lowest BCUT2D eigenvalue weighted by atomic mass is 10.1. The number of hydrogen-bond donors (Lipinski definition) is 1. The first kappa shape index (κ1) is 17.2. The number of benzene rings is 2. The monoisotopic (exact) mass is 335 g/mol. The molecule has 0 unspecified atom stereocenters. The van der Waals surface area contributed by atoms with Gasteiger partial charge in [0.05, 0.1) is 11.0 Å². The quantitative estimate of drug-likeness (QED) is 0.741. The summed E-state index contributed by atoms with van der Waals surface area (Å²) < 4.78 is 2.28. The van der Waals surface area contributed by atoms with E-state index in [1.165, 1.54) is 0 Å².